The predicted molar refractivity (Wildman–Crippen MR) is 72.6 cm³/mol. The molecule has 0 unspecified atom stereocenters. The Labute approximate surface area is 107 Å². The highest BCUT2D eigenvalue weighted by molar-refractivity contribution is 5.97. The highest BCUT2D eigenvalue weighted by Gasteiger charge is 2.05. The maximum atomic E-state index is 11.9. The first kappa shape index (κ1) is 12.5. The Bertz CT molecular complexity index is 551. The van der Waals surface area contributed by atoms with Crippen LogP contribution in [0.1, 0.15) is 10.4 Å². The first-order chi connectivity index (χ1) is 8.66. The van der Waals surface area contributed by atoms with Crippen molar-refractivity contribution < 1.29 is 4.79 Å². The van der Waals surface area contributed by atoms with Gasteiger partial charge in [-0.25, -0.2) is 0 Å². The fourth-order valence-electron chi connectivity index (χ4n) is 1.71. The average Bonchev–Trinajstić information content (AvgIpc) is 2.37. The summed E-state index contributed by atoms with van der Waals surface area (Å²) in [7, 11) is 3.96. The molecule has 2 rings (SSSR count). The summed E-state index contributed by atoms with van der Waals surface area (Å²) in [6, 6.07) is 9.37. The third-order valence-electron chi connectivity index (χ3n) is 2.71. The zero-order chi connectivity index (χ0) is 13.0. The van der Waals surface area contributed by atoms with Gasteiger partial charge in [0.05, 0.1) is 5.52 Å². The van der Waals surface area contributed by atoms with E-state index in [-0.39, 0.29) is 5.91 Å². The van der Waals surface area contributed by atoms with E-state index in [4.69, 9.17) is 0 Å². The lowest BCUT2D eigenvalue weighted by Gasteiger charge is -2.10. The Morgan fingerprint density at radius 3 is 2.94 bits per heavy atom. The van der Waals surface area contributed by atoms with Crippen LogP contribution in [-0.2, 0) is 0 Å². The van der Waals surface area contributed by atoms with Crippen LogP contribution in [0.2, 0.25) is 0 Å². The monoisotopic (exact) mass is 243 g/mol. The molecule has 0 saturated carbocycles. The van der Waals surface area contributed by atoms with Crippen LogP contribution in [0.5, 0.6) is 0 Å². The molecule has 0 aliphatic heterocycles. The summed E-state index contributed by atoms with van der Waals surface area (Å²) in [4.78, 5) is 18.2. The zero-order valence-corrected chi connectivity index (χ0v) is 10.7. The van der Waals surface area contributed by atoms with Crippen molar-refractivity contribution in [3.8, 4) is 0 Å². The summed E-state index contributed by atoms with van der Waals surface area (Å²) in [5.41, 5.74) is 1.58. The molecule has 4 heteroatoms. The summed E-state index contributed by atoms with van der Waals surface area (Å²) < 4.78 is 0. The minimum atomic E-state index is -0.0393. The Morgan fingerprint density at radius 1 is 1.33 bits per heavy atom. The second-order valence-corrected chi connectivity index (χ2v) is 4.47. The van der Waals surface area contributed by atoms with Crippen LogP contribution >= 0.6 is 0 Å². The highest BCUT2D eigenvalue weighted by atomic mass is 16.1. The summed E-state index contributed by atoms with van der Waals surface area (Å²) >= 11 is 0. The molecule has 0 saturated heterocycles. The van der Waals surface area contributed by atoms with Crippen LogP contribution in [0.4, 0.5) is 0 Å². The van der Waals surface area contributed by atoms with Gasteiger partial charge in [0, 0.05) is 30.2 Å². The summed E-state index contributed by atoms with van der Waals surface area (Å²) in [5.74, 6) is -0.0393. The van der Waals surface area contributed by atoms with Gasteiger partial charge >= 0.3 is 0 Å². The number of pyridine rings is 1. The van der Waals surface area contributed by atoms with E-state index in [0.717, 1.165) is 17.4 Å². The normalized spacial score (nSPS) is 10.8. The third-order valence-corrected chi connectivity index (χ3v) is 2.71. The maximum Gasteiger partial charge on any atom is 0.251 e. The van der Waals surface area contributed by atoms with E-state index in [1.807, 2.05) is 43.3 Å². The molecule has 1 aromatic heterocycles. The van der Waals surface area contributed by atoms with Crippen molar-refractivity contribution in [2.45, 2.75) is 0 Å². The molecule has 0 radical (unpaired) electrons. The van der Waals surface area contributed by atoms with Gasteiger partial charge in [0.1, 0.15) is 0 Å². The van der Waals surface area contributed by atoms with Crippen LogP contribution in [0, 0.1) is 0 Å². The average molecular weight is 243 g/mol. The van der Waals surface area contributed by atoms with Gasteiger partial charge in [-0.1, -0.05) is 6.07 Å². The van der Waals surface area contributed by atoms with Gasteiger partial charge in [-0.05, 0) is 38.4 Å². The molecule has 4 nitrogen and oxygen atoms in total. The van der Waals surface area contributed by atoms with E-state index in [9.17, 15) is 4.79 Å². The second-order valence-electron chi connectivity index (χ2n) is 4.47. The van der Waals surface area contributed by atoms with Crippen molar-refractivity contribution in [3.63, 3.8) is 0 Å². The minimum absolute atomic E-state index is 0.0393. The summed E-state index contributed by atoms with van der Waals surface area (Å²) in [6.45, 7) is 1.48. The number of amides is 1. The molecule has 0 atom stereocenters. The van der Waals surface area contributed by atoms with Gasteiger partial charge in [0.15, 0.2) is 0 Å². The summed E-state index contributed by atoms with van der Waals surface area (Å²) in [5, 5.41) is 3.88. The number of likely N-dealkylation sites (N-methyl/N-ethyl adjacent to an activating group) is 1. The quantitative estimate of drug-likeness (QED) is 0.885. The number of fused-ring (bicyclic) bond motifs is 1. The molecule has 1 heterocycles. The Hall–Kier alpha value is -1.94. The largest absolute Gasteiger partial charge is 0.351 e. The molecule has 0 spiro atoms. The number of nitrogens with one attached hydrogen (secondary N) is 1. The van der Waals surface area contributed by atoms with Gasteiger partial charge in [0.25, 0.3) is 5.91 Å². The number of hydrogen-bond donors (Lipinski definition) is 1. The first-order valence-electron chi connectivity index (χ1n) is 5.94. The van der Waals surface area contributed by atoms with Crippen LogP contribution in [0.3, 0.4) is 0 Å². The van der Waals surface area contributed by atoms with Crippen molar-refractivity contribution in [2.75, 3.05) is 27.2 Å². The number of carbonyl (C=O) groups is 1. The van der Waals surface area contributed by atoms with Crippen molar-refractivity contribution >= 4 is 16.8 Å². The molecule has 1 N–H and O–H groups in total. The molecule has 94 valence electrons. The molecule has 0 fully saturated rings. The van der Waals surface area contributed by atoms with Crippen molar-refractivity contribution in [2.24, 2.45) is 0 Å². The predicted octanol–water partition coefficient (Wildman–Crippen LogP) is 1.53. The minimum Gasteiger partial charge on any atom is -0.351 e. The van der Waals surface area contributed by atoms with E-state index in [1.165, 1.54) is 0 Å². The van der Waals surface area contributed by atoms with Crippen LogP contribution in [-0.4, -0.2) is 43.0 Å². The fraction of sp³-hybridized carbons (Fsp3) is 0.286. The van der Waals surface area contributed by atoms with E-state index in [2.05, 4.69) is 10.3 Å². The van der Waals surface area contributed by atoms with Crippen molar-refractivity contribution in [1.29, 1.82) is 0 Å². The lowest BCUT2D eigenvalue weighted by atomic mass is 10.1. The number of carbonyl (C=O) groups excluding carboxylic acids is 1. The van der Waals surface area contributed by atoms with E-state index in [0.29, 0.717) is 12.1 Å². The van der Waals surface area contributed by atoms with E-state index >= 15 is 0 Å². The topological polar surface area (TPSA) is 45.2 Å². The Balaban J connectivity index is 2.08. The molecule has 1 amide bonds. The number of benzene rings is 1. The lowest BCUT2D eigenvalue weighted by Crippen LogP contribution is -2.31. The molecule has 0 bridgehead atoms. The van der Waals surface area contributed by atoms with Crippen molar-refractivity contribution in [3.05, 3.63) is 42.1 Å². The van der Waals surface area contributed by atoms with Gasteiger partial charge in [-0.2, -0.15) is 0 Å². The Morgan fingerprint density at radius 2 is 2.17 bits per heavy atom. The first-order valence-corrected chi connectivity index (χ1v) is 5.94. The van der Waals surface area contributed by atoms with Crippen LogP contribution < -0.4 is 5.32 Å². The SMILES string of the molecule is CN(C)CCNC(=O)c1ccc2ncccc2c1. The molecule has 0 aliphatic carbocycles. The standard InChI is InChI=1S/C14H17N3O/c1-17(2)9-8-16-14(18)12-5-6-13-11(10-12)4-3-7-15-13/h3-7,10H,8-9H2,1-2H3,(H,16,18). The molecule has 2 aromatic rings. The zero-order valence-electron chi connectivity index (χ0n) is 10.7. The maximum absolute atomic E-state index is 11.9. The van der Waals surface area contributed by atoms with Crippen molar-refractivity contribution in [1.82, 2.24) is 15.2 Å². The van der Waals surface area contributed by atoms with Gasteiger partial charge in [-0.3, -0.25) is 9.78 Å². The van der Waals surface area contributed by atoms with E-state index < -0.39 is 0 Å². The number of nitrogens with zero attached hydrogens (tertiary/aromatic N) is 2. The Kier molecular flexibility index (Phi) is 3.89. The molecular formula is C14H17N3O. The number of aromatic nitrogens is 1. The van der Waals surface area contributed by atoms with Crippen LogP contribution in [0.15, 0.2) is 36.5 Å². The third kappa shape index (κ3) is 3.05. The van der Waals surface area contributed by atoms with Crippen LogP contribution in [0.25, 0.3) is 10.9 Å². The second kappa shape index (κ2) is 5.60. The number of hydrogen-bond acceptors (Lipinski definition) is 3. The van der Waals surface area contributed by atoms with Gasteiger partial charge in [0.2, 0.25) is 0 Å². The lowest BCUT2D eigenvalue weighted by molar-refractivity contribution is 0.0951. The summed E-state index contributed by atoms with van der Waals surface area (Å²) in [6.07, 6.45) is 1.75. The highest BCUT2D eigenvalue weighted by Crippen LogP contribution is 2.13. The fourth-order valence-corrected chi connectivity index (χ4v) is 1.71. The molecule has 18 heavy (non-hydrogen) atoms. The van der Waals surface area contributed by atoms with Gasteiger partial charge in [-0.15, -0.1) is 0 Å². The molecular weight excluding hydrogens is 226 g/mol. The van der Waals surface area contributed by atoms with E-state index in [1.54, 1.807) is 12.3 Å². The molecule has 1 aromatic carbocycles. The smallest absolute Gasteiger partial charge is 0.251 e. The molecule has 0 aliphatic rings. The van der Waals surface area contributed by atoms with Gasteiger partial charge < -0.3 is 10.2 Å². The number of rotatable bonds is 4.